The molecule has 0 N–H and O–H groups in total. The van der Waals surface area contributed by atoms with Crippen LogP contribution in [0.2, 0.25) is 0 Å². The van der Waals surface area contributed by atoms with Crippen LogP contribution in [0, 0.1) is 0 Å². The van der Waals surface area contributed by atoms with Gasteiger partial charge in [-0.2, -0.15) is 0 Å². The monoisotopic (exact) mass is 203 g/mol. The second-order valence-corrected chi connectivity index (χ2v) is 6.12. The van der Waals surface area contributed by atoms with Crippen LogP contribution in [0.25, 0.3) is 0 Å². The summed E-state index contributed by atoms with van der Waals surface area (Å²) in [6.07, 6.45) is 4.38. The smallest absolute Gasteiger partial charge is 0.144 e. The van der Waals surface area contributed by atoms with Gasteiger partial charge in [-0.3, -0.25) is 0 Å². The summed E-state index contributed by atoms with van der Waals surface area (Å²) in [4.78, 5) is 0. The average Bonchev–Trinajstić information content (AvgIpc) is 2.79. The van der Waals surface area contributed by atoms with E-state index in [1.807, 2.05) is 20.8 Å². The third-order valence-electron chi connectivity index (χ3n) is 1.62. The molecule has 1 rings (SSSR count). The number of nitrogens with zero attached hydrogens (tertiary/aromatic N) is 1. The molecule has 76 valence electrons. The molecule has 0 radical (unpaired) electrons. The molecule has 0 heterocycles. The fraction of sp³-hybridized carbons (Fsp3) is 0.889. The minimum absolute atomic E-state index is 0.268. The van der Waals surface area contributed by atoms with E-state index in [4.69, 9.17) is 4.74 Å². The van der Waals surface area contributed by atoms with Gasteiger partial charge >= 0.3 is 0 Å². The van der Waals surface area contributed by atoms with Gasteiger partial charge < -0.3 is 9.29 Å². The summed E-state index contributed by atoms with van der Waals surface area (Å²) < 4.78 is 20.4. The second-order valence-electron chi connectivity index (χ2n) is 4.18. The molecular formula is C9H17NO2S. The first-order valence-electron chi connectivity index (χ1n) is 4.56. The van der Waals surface area contributed by atoms with E-state index in [9.17, 15) is 4.55 Å². The van der Waals surface area contributed by atoms with Crippen molar-refractivity contribution in [1.29, 1.82) is 0 Å². The fourth-order valence-electron chi connectivity index (χ4n) is 0.670. The molecule has 1 atom stereocenters. The Kier molecular flexibility index (Phi) is 3.76. The van der Waals surface area contributed by atoms with E-state index in [-0.39, 0.29) is 4.75 Å². The van der Waals surface area contributed by atoms with Crippen molar-refractivity contribution >= 4 is 17.6 Å². The van der Waals surface area contributed by atoms with Crippen LogP contribution >= 0.6 is 0 Å². The van der Waals surface area contributed by atoms with Gasteiger partial charge in [0.05, 0.1) is 18.9 Å². The Labute approximate surface area is 82.9 Å². The molecule has 0 aromatic rings. The van der Waals surface area contributed by atoms with E-state index in [1.54, 1.807) is 6.21 Å². The molecular weight excluding hydrogens is 186 g/mol. The summed E-state index contributed by atoms with van der Waals surface area (Å²) in [5.74, 6) is 0. The zero-order valence-electron chi connectivity index (χ0n) is 8.45. The molecule has 0 amide bonds. The van der Waals surface area contributed by atoms with Gasteiger partial charge in [-0.25, -0.2) is 0 Å². The van der Waals surface area contributed by atoms with E-state index in [2.05, 4.69) is 4.40 Å². The number of rotatable bonds is 4. The van der Waals surface area contributed by atoms with Gasteiger partial charge in [0.25, 0.3) is 0 Å². The molecule has 1 aliphatic carbocycles. The molecule has 1 unspecified atom stereocenters. The Morgan fingerprint density at radius 1 is 1.54 bits per heavy atom. The molecule has 1 saturated carbocycles. The van der Waals surface area contributed by atoms with Gasteiger partial charge in [0.15, 0.2) is 0 Å². The maximum atomic E-state index is 11.4. The molecule has 3 nitrogen and oxygen atoms in total. The first kappa shape index (κ1) is 11.0. The maximum absolute atomic E-state index is 11.4. The third kappa shape index (κ3) is 4.64. The van der Waals surface area contributed by atoms with E-state index in [0.717, 1.165) is 12.8 Å². The summed E-state index contributed by atoms with van der Waals surface area (Å²) in [6.45, 7) is 6.21. The number of hydrogen-bond acceptors (Lipinski definition) is 3. The molecule has 0 aromatic carbocycles. The van der Waals surface area contributed by atoms with Crippen LogP contribution in [0.3, 0.4) is 0 Å². The van der Waals surface area contributed by atoms with Crippen molar-refractivity contribution in [3.8, 4) is 0 Å². The largest absolute Gasteiger partial charge is 0.591 e. The molecule has 0 saturated heterocycles. The molecule has 4 heteroatoms. The van der Waals surface area contributed by atoms with Gasteiger partial charge in [0.1, 0.15) is 16.1 Å². The van der Waals surface area contributed by atoms with Crippen LogP contribution in [-0.2, 0) is 16.1 Å². The average molecular weight is 203 g/mol. The van der Waals surface area contributed by atoms with E-state index in [0.29, 0.717) is 12.7 Å². The van der Waals surface area contributed by atoms with Crippen molar-refractivity contribution in [3.63, 3.8) is 0 Å². The number of ether oxygens (including phenoxy) is 1. The van der Waals surface area contributed by atoms with Gasteiger partial charge in [0, 0.05) is 0 Å². The zero-order chi connectivity index (χ0) is 9.90. The van der Waals surface area contributed by atoms with Gasteiger partial charge in [-0.05, 0) is 33.6 Å². The van der Waals surface area contributed by atoms with Crippen molar-refractivity contribution < 1.29 is 9.29 Å². The predicted molar refractivity (Wildman–Crippen MR) is 55.4 cm³/mol. The van der Waals surface area contributed by atoms with Gasteiger partial charge in [-0.15, -0.1) is 0 Å². The van der Waals surface area contributed by atoms with Crippen molar-refractivity contribution in [3.05, 3.63) is 0 Å². The van der Waals surface area contributed by atoms with Crippen LogP contribution in [0.5, 0.6) is 0 Å². The third-order valence-corrected chi connectivity index (χ3v) is 3.01. The lowest BCUT2D eigenvalue weighted by atomic mass is 10.3. The number of hydrogen-bond donors (Lipinski definition) is 0. The summed E-state index contributed by atoms with van der Waals surface area (Å²) in [7, 11) is 0. The van der Waals surface area contributed by atoms with Crippen molar-refractivity contribution in [2.45, 2.75) is 44.5 Å². The summed E-state index contributed by atoms with van der Waals surface area (Å²) in [6, 6.07) is 0. The van der Waals surface area contributed by atoms with E-state index in [1.165, 1.54) is 0 Å². The molecule has 0 aliphatic heterocycles. The lowest BCUT2D eigenvalue weighted by molar-refractivity contribution is 0.159. The maximum Gasteiger partial charge on any atom is 0.144 e. The van der Waals surface area contributed by atoms with Crippen LogP contribution in [0.1, 0.15) is 33.6 Å². The second kappa shape index (κ2) is 4.44. The summed E-state index contributed by atoms with van der Waals surface area (Å²) in [5, 5.41) is 0. The molecule has 1 aliphatic rings. The Morgan fingerprint density at radius 2 is 2.15 bits per heavy atom. The predicted octanol–water partition coefficient (Wildman–Crippen LogP) is 1.70. The molecule has 0 aromatic heterocycles. The topological polar surface area (TPSA) is 44.7 Å². The minimum atomic E-state index is -1.14. The lowest BCUT2D eigenvalue weighted by Crippen LogP contribution is -2.26. The van der Waals surface area contributed by atoms with Crippen LogP contribution in [0.4, 0.5) is 0 Å². The van der Waals surface area contributed by atoms with Crippen LogP contribution in [0.15, 0.2) is 4.40 Å². The quantitative estimate of drug-likeness (QED) is 0.515. The first-order chi connectivity index (χ1) is 6.00. The Balaban J connectivity index is 2.13. The minimum Gasteiger partial charge on any atom is -0.591 e. The van der Waals surface area contributed by atoms with Gasteiger partial charge in [-0.1, -0.05) is 4.40 Å². The normalized spacial score (nSPS) is 20.9. The van der Waals surface area contributed by atoms with Crippen molar-refractivity contribution in [1.82, 2.24) is 0 Å². The van der Waals surface area contributed by atoms with Crippen molar-refractivity contribution in [2.75, 3.05) is 6.61 Å². The molecule has 0 spiro atoms. The highest BCUT2D eigenvalue weighted by Crippen LogP contribution is 2.22. The molecule has 0 bridgehead atoms. The van der Waals surface area contributed by atoms with Crippen LogP contribution in [-0.4, -0.2) is 28.2 Å². The highest BCUT2D eigenvalue weighted by Gasteiger charge is 2.26. The van der Waals surface area contributed by atoms with Gasteiger partial charge in [0.2, 0.25) is 0 Å². The molecule has 1 fully saturated rings. The standard InChI is InChI=1S/C9H17NO2S/c1-9(2,3)13(11)10-6-7-12-8-4-5-8/h6,8H,4-5,7H2,1-3H3. The van der Waals surface area contributed by atoms with E-state index >= 15 is 0 Å². The summed E-state index contributed by atoms with van der Waals surface area (Å²) >= 11 is -1.14. The Hall–Kier alpha value is -0.0600. The zero-order valence-corrected chi connectivity index (χ0v) is 9.26. The van der Waals surface area contributed by atoms with Crippen LogP contribution < -0.4 is 0 Å². The first-order valence-corrected chi connectivity index (χ1v) is 5.67. The lowest BCUT2D eigenvalue weighted by Gasteiger charge is -2.17. The van der Waals surface area contributed by atoms with Crippen molar-refractivity contribution in [2.24, 2.45) is 4.40 Å². The Bertz CT molecular complexity index is 185. The highest BCUT2D eigenvalue weighted by atomic mass is 32.2. The van der Waals surface area contributed by atoms with E-state index < -0.39 is 11.4 Å². The Morgan fingerprint density at radius 3 is 2.62 bits per heavy atom. The fourth-order valence-corrected chi connectivity index (χ4v) is 1.18. The molecule has 13 heavy (non-hydrogen) atoms. The summed E-state index contributed by atoms with van der Waals surface area (Å²) in [5.41, 5.74) is 0. The highest BCUT2D eigenvalue weighted by molar-refractivity contribution is 7.91. The SMILES string of the molecule is CC(C)(C)[S+]([O-])N=CCOC1CC1.